The fourth-order valence-electron chi connectivity index (χ4n) is 3.62. The molecule has 2 aromatic carbocycles. The Balaban J connectivity index is 1.54. The van der Waals surface area contributed by atoms with Crippen LogP contribution in [0.1, 0.15) is 34.8 Å². The van der Waals surface area contributed by atoms with Crippen molar-refractivity contribution in [3.63, 3.8) is 0 Å². The van der Waals surface area contributed by atoms with E-state index in [1.165, 1.54) is 6.07 Å². The first-order valence-electron chi connectivity index (χ1n) is 10.1. The highest BCUT2D eigenvalue weighted by Gasteiger charge is 2.25. The van der Waals surface area contributed by atoms with Gasteiger partial charge in [0.05, 0.1) is 0 Å². The number of hydrogen-bond donors (Lipinski definition) is 1. The van der Waals surface area contributed by atoms with E-state index in [2.05, 4.69) is 10.2 Å². The Hall–Kier alpha value is -2.73. The van der Waals surface area contributed by atoms with Gasteiger partial charge in [0.2, 0.25) is 5.91 Å². The summed E-state index contributed by atoms with van der Waals surface area (Å²) >= 11 is 0. The Morgan fingerprint density at radius 3 is 2.62 bits per heavy atom. The quantitative estimate of drug-likeness (QED) is 0.844. The van der Waals surface area contributed by atoms with E-state index in [1.54, 1.807) is 36.1 Å². The van der Waals surface area contributed by atoms with Gasteiger partial charge >= 0.3 is 0 Å². The van der Waals surface area contributed by atoms with Crippen LogP contribution in [0, 0.1) is 12.7 Å². The number of halogens is 1. The lowest BCUT2D eigenvalue weighted by atomic mass is 10.1. The molecule has 1 aliphatic heterocycles. The highest BCUT2D eigenvalue weighted by molar-refractivity contribution is 5.97. The van der Waals surface area contributed by atoms with Gasteiger partial charge in [0.25, 0.3) is 5.91 Å². The van der Waals surface area contributed by atoms with E-state index >= 15 is 0 Å². The summed E-state index contributed by atoms with van der Waals surface area (Å²) in [7, 11) is 0. The molecule has 29 heavy (non-hydrogen) atoms. The normalized spacial score (nSPS) is 16.2. The first kappa shape index (κ1) is 21.0. The number of rotatable bonds is 5. The number of hydrogen-bond acceptors (Lipinski definition) is 3. The average Bonchev–Trinajstić information content (AvgIpc) is 2.94. The highest BCUT2D eigenvalue weighted by atomic mass is 19.1. The predicted molar refractivity (Wildman–Crippen MR) is 111 cm³/mol. The van der Waals surface area contributed by atoms with E-state index in [0.29, 0.717) is 37.3 Å². The second-order valence-corrected chi connectivity index (χ2v) is 7.61. The largest absolute Gasteiger partial charge is 0.341 e. The van der Waals surface area contributed by atoms with E-state index in [4.69, 9.17) is 0 Å². The van der Waals surface area contributed by atoms with E-state index < -0.39 is 6.04 Å². The minimum absolute atomic E-state index is 0.0845. The predicted octanol–water partition coefficient (Wildman–Crippen LogP) is 2.99. The number of carbonyl (C=O) groups is 2. The molecule has 0 spiro atoms. The smallest absolute Gasteiger partial charge is 0.251 e. The molecule has 1 fully saturated rings. The molecule has 0 aliphatic carbocycles. The van der Waals surface area contributed by atoms with Crippen LogP contribution in [-0.4, -0.2) is 53.8 Å². The van der Waals surface area contributed by atoms with Crippen LogP contribution in [0.25, 0.3) is 0 Å². The van der Waals surface area contributed by atoms with Crippen molar-refractivity contribution in [2.75, 3.05) is 26.2 Å². The van der Waals surface area contributed by atoms with Gasteiger partial charge in [-0.25, -0.2) is 4.39 Å². The molecular weight excluding hydrogens is 369 g/mol. The lowest BCUT2D eigenvalue weighted by Crippen LogP contribution is -2.48. The second-order valence-electron chi connectivity index (χ2n) is 7.61. The zero-order chi connectivity index (χ0) is 20.8. The van der Waals surface area contributed by atoms with Crippen molar-refractivity contribution in [2.45, 2.75) is 32.9 Å². The maximum atomic E-state index is 13.9. The fraction of sp³-hybridized carbons (Fsp3) is 0.391. The molecule has 0 bridgehead atoms. The van der Waals surface area contributed by atoms with Gasteiger partial charge in [-0.2, -0.15) is 0 Å². The summed E-state index contributed by atoms with van der Waals surface area (Å²) in [5, 5.41) is 2.81. The maximum absolute atomic E-state index is 13.9. The lowest BCUT2D eigenvalue weighted by Gasteiger charge is -2.25. The van der Waals surface area contributed by atoms with Crippen molar-refractivity contribution in [3.8, 4) is 0 Å². The molecule has 0 radical (unpaired) electrons. The molecule has 1 saturated heterocycles. The Labute approximate surface area is 171 Å². The zero-order valence-corrected chi connectivity index (χ0v) is 17.0. The Bertz CT molecular complexity index is 871. The van der Waals surface area contributed by atoms with E-state index in [0.717, 1.165) is 18.5 Å². The molecular formula is C23H28FN3O2. The average molecular weight is 397 g/mol. The minimum atomic E-state index is -0.596. The molecule has 1 atom stereocenters. The van der Waals surface area contributed by atoms with Crippen LogP contribution in [0.2, 0.25) is 0 Å². The molecule has 1 aliphatic rings. The molecule has 3 rings (SSSR count). The number of amides is 2. The van der Waals surface area contributed by atoms with Crippen LogP contribution in [-0.2, 0) is 11.3 Å². The van der Waals surface area contributed by atoms with Crippen molar-refractivity contribution in [1.82, 2.24) is 15.1 Å². The standard InChI is InChI=1S/C23H28FN3O2/c1-17-7-5-9-19(15-17)22(28)25-18(2)23(29)27-12-6-11-26(13-14-27)16-20-8-3-4-10-21(20)24/h3-5,7-10,15,18H,6,11-14,16H2,1-2H3,(H,25,28). The van der Waals surface area contributed by atoms with E-state index in [-0.39, 0.29) is 17.6 Å². The van der Waals surface area contributed by atoms with E-state index in [9.17, 15) is 14.0 Å². The fourth-order valence-corrected chi connectivity index (χ4v) is 3.62. The number of carbonyl (C=O) groups excluding carboxylic acids is 2. The topological polar surface area (TPSA) is 52.7 Å². The summed E-state index contributed by atoms with van der Waals surface area (Å²) in [6, 6.07) is 13.5. The third-order valence-electron chi connectivity index (χ3n) is 5.25. The van der Waals surface area contributed by atoms with Gasteiger partial charge in [-0.05, 0) is 38.5 Å². The summed E-state index contributed by atoms with van der Waals surface area (Å²) in [6.07, 6.45) is 0.818. The molecule has 6 heteroatoms. The van der Waals surface area contributed by atoms with E-state index in [1.807, 2.05) is 25.1 Å². The Kier molecular flexibility index (Phi) is 6.99. The summed E-state index contributed by atoms with van der Waals surface area (Å²) in [5.41, 5.74) is 2.22. The summed E-state index contributed by atoms with van der Waals surface area (Å²) in [5.74, 6) is -0.526. The van der Waals surface area contributed by atoms with Crippen LogP contribution < -0.4 is 5.32 Å². The molecule has 2 aromatic rings. The third kappa shape index (κ3) is 5.64. The molecule has 0 saturated carbocycles. The van der Waals surface area contributed by atoms with Gasteiger partial charge in [-0.1, -0.05) is 35.9 Å². The van der Waals surface area contributed by atoms with Crippen molar-refractivity contribution in [2.24, 2.45) is 0 Å². The van der Waals surface area contributed by atoms with Gasteiger partial charge in [0.1, 0.15) is 11.9 Å². The van der Waals surface area contributed by atoms with Crippen molar-refractivity contribution in [3.05, 3.63) is 71.0 Å². The number of aryl methyl sites for hydroxylation is 1. The molecule has 0 aromatic heterocycles. The van der Waals surface area contributed by atoms with Gasteiger partial charge in [-0.3, -0.25) is 14.5 Å². The summed E-state index contributed by atoms with van der Waals surface area (Å²) in [6.45, 7) is 6.87. The SMILES string of the molecule is Cc1cccc(C(=O)NC(C)C(=O)N2CCCN(Cc3ccccc3F)CC2)c1. The second kappa shape index (κ2) is 9.65. The zero-order valence-electron chi connectivity index (χ0n) is 17.0. The first-order chi connectivity index (χ1) is 13.9. The number of nitrogens with zero attached hydrogens (tertiary/aromatic N) is 2. The molecule has 1 unspecified atom stereocenters. The summed E-state index contributed by atoms with van der Waals surface area (Å²) in [4.78, 5) is 29.2. The van der Waals surface area contributed by atoms with Gasteiger partial charge in [-0.15, -0.1) is 0 Å². The highest BCUT2D eigenvalue weighted by Crippen LogP contribution is 2.13. The third-order valence-corrected chi connectivity index (χ3v) is 5.25. The number of nitrogens with one attached hydrogen (secondary N) is 1. The lowest BCUT2D eigenvalue weighted by molar-refractivity contribution is -0.132. The van der Waals surface area contributed by atoms with Crippen LogP contribution in [0.3, 0.4) is 0 Å². The molecule has 154 valence electrons. The number of benzene rings is 2. The first-order valence-corrected chi connectivity index (χ1v) is 10.1. The molecule has 2 amide bonds. The monoisotopic (exact) mass is 397 g/mol. The molecule has 1 N–H and O–H groups in total. The van der Waals surface area contributed by atoms with Crippen molar-refractivity contribution < 1.29 is 14.0 Å². The maximum Gasteiger partial charge on any atom is 0.251 e. The van der Waals surface area contributed by atoms with Gasteiger partial charge < -0.3 is 10.2 Å². The van der Waals surface area contributed by atoms with Crippen molar-refractivity contribution >= 4 is 11.8 Å². The van der Waals surface area contributed by atoms with Crippen LogP contribution >= 0.6 is 0 Å². The van der Waals surface area contributed by atoms with Gasteiger partial charge in [0.15, 0.2) is 0 Å². The minimum Gasteiger partial charge on any atom is -0.341 e. The van der Waals surface area contributed by atoms with Crippen molar-refractivity contribution in [1.29, 1.82) is 0 Å². The van der Waals surface area contributed by atoms with Crippen LogP contribution in [0.4, 0.5) is 4.39 Å². The molecule has 1 heterocycles. The Morgan fingerprint density at radius 2 is 1.86 bits per heavy atom. The Morgan fingerprint density at radius 1 is 1.07 bits per heavy atom. The van der Waals surface area contributed by atoms with Gasteiger partial charge in [0, 0.05) is 43.9 Å². The molecule has 5 nitrogen and oxygen atoms in total. The van der Waals surface area contributed by atoms with Crippen LogP contribution in [0.5, 0.6) is 0 Å². The summed E-state index contributed by atoms with van der Waals surface area (Å²) < 4.78 is 13.9. The van der Waals surface area contributed by atoms with Crippen LogP contribution in [0.15, 0.2) is 48.5 Å².